The summed E-state index contributed by atoms with van der Waals surface area (Å²) in [7, 11) is 3.29. The third kappa shape index (κ3) is 11.5. The number of nitrogens with two attached hydrogens (primary N) is 1. The van der Waals surface area contributed by atoms with Crippen LogP contribution in [-0.2, 0) is 4.79 Å². The molecule has 0 atom stereocenters. The second kappa shape index (κ2) is 17.0. The van der Waals surface area contributed by atoms with Crippen LogP contribution in [0, 0.1) is 17.3 Å². The minimum absolute atomic E-state index is 0.0553. The van der Waals surface area contributed by atoms with Crippen molar-refractivity contribution in [3.63, 3.8) is 0 Å². The first-order chi connectivity index (χ1) is 19.8. The first-order valence-corrected chi connectivity index (χ1v) is 15.1. The summed E-state index contributed by atoms with van der Waals surface area (Å²) in [5, 5.41) is 0. The molecule has 0 radical (unpaired) electrons. The average Bonchev–Trinajstić information content (AvgIpc) is 2.99. The van der Waals surface area contributed by atoms with Crippen molar-refractivity contribution in [1.82, 2.24) is 14.8 Å². The van der Waals surface area contributed by atoms with E-state index in [1.54, 1.807) is 27.9 Å². The first-order valence-electron chi connectivity index (χ1n) is 15.1. The molecule has 1 aromatic carbocycles. The van der Waals surface area contributed by atoms with Crippen molar-refractivity contribution >= 4 is 11.8 Å². The summed E-state index contributed by atoms with van der Waals surface area (Å²) in [4.78, 5) is 32.0. The standard InChI is InChI=1S/C18H20N2O.C10H16FNO.C7H15N/c1-14-10-12-20(13-11-14)18(21)17-9-5-8-16(19-17)15-6-3-2-4-7-15;1-6-8(11)7-10(2,3)9(13)12(4)5;1-6-2-4-7(8)5-3-6/h2-9,14H,10-13H2,1H3;6-7H,1H2,2-5H3;6-7H,2-5,8H2,1H3/b;8-7+;. The first kappa shape index (κ1) is 34.9. The van der Waals surface area contributed by atoms with Gasteiger partial charge in [-0.2, -0.15) is 0 Å². The van der Waals surface area contributed by atoms with Crippen LogP contribution in [0.5, 0.6) is 0 Å². The summed E-state index contributed by atoms with van der Waals surface area (Å²) in [6.45, 7) is 12.9. The van der Waals surface area contributed by atoms with Crippen molar-refractivity contribution in [3.05, 3.63) is 78.8 Å². The van der Waals surface area contributed by atoms with Gasteiger partial charge in [0.2, 0.25) is 5.91 Å². The molecule has 0 bridgehead atoms. The number of aromatic nitrogens is 1. The molecule has 1 aliphatic carbocycles. The maximum Gasteiger partial charge on any atom is 0.272 e. The van der Waals surface area contributed by atoms with Gasteiger partial charge in [-0.15, -0.1) is 0 Å². The normalized spacial score (nSPS) is 19.4. The lowest BCUT2D eigenvalue weighted by molar-refractivity contribution is -0.135. The maximum absolute atomic E-state index is 12.8. The number of carbonyl (C=O) groups is 2. The molecular formula is C35H51FN4O2. The predicted octanol–water partition coefficient (Wildman–Crippen LogP) is 7.28. The summed E-state index contributed by atoms with van der Waals surface area (Å²) in [6, 6.07) is 16.2. The van der Waals surface area contributed by atoms with Gasteiger partial charge in [-0.1, -0.05) is 56.8 Å². The lowest BCUT2D eigenvalue weighted by atomic mass is 9.88. The highest BCUT2D eigenvalue weighted by Gasteiger charge is 2.27. The quantitative estimate of drug-likeness (QED) is 0.378. The Labute approximate surface area is 252 Å². The van der Waals surface area contributed by atoms with Crippen LogP contribution in [0.15, 0.2) is 73.1 Å². The van der Waals surface area contributed by atoms with Gasteiger partial charge in [0.1, 0.15) is 11.5 Å². The van der Waals surface area contributed by atoms with Crippen molar-refractivity contribution in [2.75, 3.05) is 27.2 Å². The van der Waals surface area contributed by atoms with Crippen LogP contribution in [-0.4, -0.2) is 59.8 Å². The Kier molecular flexibility index (Phi) is 14.1. The molecule has 2 aromatic rings. The largest absolute Gasteiger partial charge is 0.348 e. The second-order valence-corrected chi connectivity index (χ2v) is 12.4. The molecule has 2 amide bonds. The van der Waals surface area contributed by atoms with E-state index in [0.717, 1.165) is 55.1 Å². The Hall–Kier alpha value is -3.32. The highest BCUT2D eigenvalue weighted by molar-refractivity contribution is 5.93. The lowest BCUT2D eigenvalue weighted by Crippen LogP contribution is -2.38. The Balaban J connectivity index is 0.000000250. The number of nitrogens with zero attached hydrogens (tertiary/aromatic N) is 3. The minimum Gasteiger partial charge on any atom is -0.348 e. The van der Waals surface area contributed by atoms with Crippen LogP contribution in [0.4, 0.5) is 4.39 Å². The fourth-order valence-electron chi connectivity index (χ4n) is 5.02. The molecular weight excluding hydrogens is 527 g/mol. The molecule has 0 spiro atoms. The van der Waals surface area contributed by atoms with Gasteiger partial charge in [-0.25, -0.2) is 9.37 Å². The number of piperidine rings is 1. The number of benzene rings is 1. The number of hydrogen-bond donors (Lipinski definition) is 1. The van der Waals surface area contributed by atoms with E-state index in [1.807, 2.05) is 53.4 Å². The summed E-state index contributed by atoms with van der Waals surface area (Å²) in [5.74, 6) is 1.11. The fraction of sp³-hybridized carbons (Fsp3) is 0.514. The highest BCUT2D eigenvalue weighted by atomic mass is 19.1. The van der Waals surface area contributed by atoms with Crippen molar-refractivity contribution in [3.8, 4) is 11.3 Å². The van der Waals surface area contributed by atoms with E-state index in [4.69, 9.17) is 5.73 Å². The number of likely N-dealkylation sites (tertiary alicyclic amines) is 1. The van der Waals surface area contributed by atoms with Crippen LogP contribution in [0.2, 0.25) is 0 Å². The molecule has 1 aromatic heterocycles. The number of carbonyl (C=O) groups excluding carboxylic acids is 2. The molecule has 2 heterocycles. The van der Waals surface area contributed by atoms with Gasteiger partial charge in [-0.05, 0) is 88.5 Å². The smallest absolute Gasteiger partial charge is 0.272 e. The number of hydrogen-bond acceptors (Lipinski definition) is 4. The Morgan fingerprint density at radius 3 is 2.05 bits per heavy atom. The van der Waals surface area contributed by atoms with Gasteiger partial charge in [0, 0.05) is 38.8 Å². The minimum atomic E-state index is -0.818. The van der Waals surface area contributed by atoms with Gasteiger partial charge in [0.25, 0.3) is 5.91 Å². The molecule has 4 rings (SSSR count). The van der Waals surface area contributed by atoms with E-state index in [-0.39, 0.29) is 11.8 Å². The van der Waals surface area contributed by atoms with Crippen LogP contribution >= 0.6 is 0 Å². The zero-order chi connectivity index (χ0) is 31.3. The Morgan fingerprint density at radius 1 is 0.952 bits per heavy atom. The third-order valence-electron chi connectivity index (χ3n) is 7.82. The van der Waals surface area contributed by atoms with E-state index in [0.29, 0.717) is 11.7 Å². The van der Waals surface area contributed by atoms with E-state index < -0.39 is 11.2 Å². The Morgan fingerprint density at radius 2 is 1.52 bits per heavy atom. The molecule has 230 valence electrons. The van der Waals surface area contributed by atoms with E-state index >= 15 is 0 Å². The van der Waals surface area contributed by atoms with Gasteiger partial charge in [-0.3, -0.25) is 9.59 Å². The molecule has 2 N–H and O–H groups in total. The number of halogens is 1. The van der Waals surface area contributed by atoms with Crippen LogP contribution in [0.25, 0.3) is 11.3 Å². The molecule has 6 nitrogen and oxygen atoms in total. The van der Waals surface area contributed by atoms with Gasteiger partial charge in [0.15, 0.2) is 0 Å². The van der Waals surface area contributed by atoms with Crippen LogP contribution < -0.4 is 5.73 Å². The number of amides is 2. The molecule has 1 saturated heterocycles. The highest BCUT2D eigenvalue weighted by Crippen LogP contribution is 2.23. The predicted molar refractivity (Wildman–Crippen MR) is 171 cm³/mol. The number of pyridine rings is 1. The monoisotopic (exact) mass is 578 g/mol. The SMILES string of the molecule is C=C/C(F)=C\C(C)(C)C(=O)N(C)C.CC1CCC(N)CC1.CC1CCN(C(=O)c2cccc(-c3ccccc3)n2)CC1. The molecule has 2 aliphatic rings. The second-order valence-electron chi connectivity index (χ2n) is 12.4. The zero-order valence-corrected chi connectivity index (χ0v) is 26.5. The van der Waals surface area contributed by atoms with Crippen LogP contribution in [0.1, 0.15) is 76.7 Å². The van der Waals surface area contributed by atoms with Crippen molar-refractivity contribution in [2.24, 2.45) is 23.0 Å². The summed E-state index contributed by atoms with van der Waals surface area (Å²) in [5.41, 5.74) is 7.32. The zero-order valence-electron chi connectivity index (χ0n) is 26.5. The topological polar surface area (TPSA) is 79.5 Å². The molecule has 1 aliphatic heterocycles. The Bertz CT molecular complexity index is 1150. The van der Waals surface area contributed by atoms with E-state index in [9.17, 15) is 14.0 Å². The third-order valence-corrected chi connectivity index (χ3v) is 7.82. The molecule has 1 saturated carbocycles. The number of rotatable bonds is 5. The summed E-state index contributed by atoms with van der Waals surface area (Å²) in [6.07, 6.45) is 9.73. The lowest BCUT2D eigenvalue weighted by Gasteiger charge is -2.30. The van der Waals surface area contributed by atoms with Gasteiger partial charge < -0.3 is 15.5 Å². The van der Waals surface area contributed by atoms with E-state index in [2.05, 4.69) is 25.4 Å². The van der Waals surface area contributed by atoms with Crippen molar-refractivity contribution < 1.29 is 14.0 Å². The molecule has 2 fully saturated rings. The summed E-state index contributed by atoms with van der Waals surface area (Å²) >= 11 is 0. The fourth-order valence-corrected chi connectivity index (χ4v) is 5.02. The molecule has 7 heteroatoms. The maximum atomic E-state index is 12.8. The summed E-state index contributed by atoms with van der Waals surface area (Å²) < 4.78 is 12.8. The number of allylic oxidation sites excluding steroid dienone is 2. The molecule has 42 heavy (non-hydrogen) atoms. The van der Waals surface area contributed by atoms with Crippen molar-refractivity contribution in [2.45, 2.75) is 72.3 Å². The average molecular weight is 579 g/mol. The van der Waals surface area contributed by atoms with Gasteiger partial charge in [0.05, 0.1) is 11.1 Å². The van der Waals surface area contributed by atoms with Gasteiger partial charge >= 0.3 is 0 Å². The van der Waals surface area contributed by atoms with Crippen LogP contribution in [0.3, 0.4) is 0 Å². The van der Waals surface area contributed by atoms with Crippen molar-refractivity contribution in [1.29, 1.82) is 0 Å². The van der Waals surface area contributed by atoms with E-state index in [1.165, 1.54) is 36.7 Å². The molecule has 0 unspecified atom stereocenters.